The molecule has 1 aliphatic rings. The van der Waals surface area contributed by atoms with Crippen LogP contribution >= 0.6 is 0 Å². The van der Waals surface area contributed by atoms with E-state index in [0.29, 0.717) is 6.04 Å². The maximum Gasteiger partial charge on any atom is 0.225 e. The van der Waals surface area contributed by atoms with Crippen LogP contribution in [-0.4, -0.2) is 29.1 Å². The van der Waals surface area contributed by atoms with Gasteiger partial charge in [0.05, 0.1) is 0 Å². The summed E-state index contributed by atoms with van der Waals surface area (Å²) >= 11 is 0. The molecule has 0 aromatic carbocycles. The third-order valence-corrected chi connectivity index (χ3v) is 2.90. The summed E-state index contributed by atoms with van der Waals surface area (Å²) in [5.74, 6) is 0.858. The topological polar surface area (TPSA) is 55.0 Å². The molecule has 4 nitrogen and oxygen atoms in total. The van der Waals surface area contributed by atoms with Crippen molar-refractivity contribution < 1.29 is 0 Å². The number of hydrogen-bond donors (Lipinski definition) is 1. The third kappa shape index (κ3) is 2.26. The Morgan fingerprint density at radius 3 is 2.87 bits per heavy atom. The second kappa shape index (κ2) is 4.57. The van der Waals surface area contributed by atoms with Crippen LogP contribution in [0.2, 0.25) is 0 Å². The van der Waals surface area contributed by atoms with Gasteiger partial charge in [-0.2, -0.15) is 0 Å². The van der Waals surface area contributed by atoms with Gasteiger partial charge in [-0.25, -0.2) is 9.97 Å². The van der Waals surface area contributed by atoms with Crippen LogP contribution in [0.5, 0.6) is 0 Å². The zero-order valence-corrected chi connectivity index (χ0v) is 9.19. The van der Waals surface area contributed by atoms with Crippen molar-refractivity contribution in [3.05, 3.63) is 18.0 Å². The fourth-order valence-corrected chi connectivity index (χ4v) is 2.13. The number of anilines is 1. The molecule has 0 spiro atoms. The van der Waals surface area contributed by atoms with Gasteiger partial charge in [-0.05, 0) is 38.3 Å². The highest BCUT2D eigenvalue weighted by Crippen LogP contribution is 2.23. The van der Waals surface area contributed by atoms with Crippen LogP contribution in [0.3, 0.4) is 0 Å². The highest BCUT2D eigenvalue weighted by molar-refractivity contribution is 5.33. The van der Waals surface area contributed by atoms with Crippen LogP contribution in [-0.2, 0) is 0 Å². The molecule has 1 aromatic heterocycles. The second-order valence-corrected chi connectivity index (χ2v) is 4.13. The first-order chi connectivity index (χ1) is 7.31. The largest absolute Gasteiger partial charge is 0.338 e. The predicted molar refractivity (Wildman–Crippen MR) is 60.8 cm³/mol. The quantitative estimate of drug-likeness (QED) is 0.804. The smallest absolute Gasteiger partial charge is 0.225 e. The molecule has 1 saturated heterocycles. The minimum atomic E-state index is 0.540. The first-order valence-corrected chi connectivity index (χ1v) is 5.56. The zero-order chi connectivity index (χ0) is 10.7. The van der Waals surface area contributed by atoms with E-state index < -0.39 is 0 Å². The van der Waals surface area contributed by atoms with Gasteiger partial charge in [0.25, 0.3) is 0 Å². The molecule has 0 saturated carbocycles. The molecule has 2 N–H and O–H groups in total. The van der Waals surface area contributed by atoms with Gasteiger partial charge in [-0.15, -0.1) is 0 Å². The molecule has 82 valence electrons. The summed E-state index contributed by atoms with van der Waals surface area (Å²) in [6, 6.07) is 0.540. The van der Waals surface area contributed by atoms with Crippen molar-refractivity contribution in [1.29, 1.82) is 0 Å². The van der Waals surface area contributed by atoms with E-state index in [-0.39, 0.29) is 0 Å². The van der Waals surface area contributed by atoms with E-state index in [1.807, 2.05) is 19.3 Å². The molecule has 1 atom stereocenters. The van der Waals surface area contributed by atoms with Crippen molar-refractivity contribution in [2.75, 3.05) is 18.0 Å². The molecule has 1 unspecified atom stereocenters. The van der Waals surface area contributed by atoms with Gasteiger partial charge in [-0.3, -0.25) is 0 Å². The molecule has 1 fully saturated rings. The summed E-state index contributed by atoms with van der Waals surface area (Å²) in [4.78, 5) is 11.0. The molecular weight excluding hydrogens is 188 g/mol. The Morgan fingerprint density at radius 2 is 2.20 bits per heavy atom. The van der Waals surface area contributed by atoms with Gasteiger partial charge in [0, 0.05) is 25.0 Å². The summed E-state index contributed by atoms with van der Waals surface area (Å²) in [6.07, 6.45) is 7.23. The van der Waals surface area contributed by atoms with Crippen molar-refractivity contribution in [1.82, 2.24) is 9.97 Å². The highest BCUT2D eigenvalue weighted by atomic mass is 15.3. The van der Waals surface area contributed by atoms with Crippen molar-refractivity contribution in [3.63, 3.8) is 0 Å². The minimum absolute atomic E-state index is 0.540. The molecule has 0 aliphatic carbocycles. The molecule has 0 bridgehead atoms. The molecular formula is C11H18N4. The van der Waals surface area contributed by atoms with Crippen molar-refractivity contribution in [2.45, 2.75) is 32.2 Å². The van der Waals surface area contributed by atoms with Gasteiger partial charge >= 0.3 is 0 Å². The van der Waals surface area contributed by atoms with Crippen molar-refractivity contribution in [3.8, 4) is 0 Å². The van der Waals surface area contributed by atoms with Crippen LogP contribution in [0.25, 0.3) is 0 Å². The van der Waals surface area contributed by atoms with Gasteiger partial charge in [-0.1, -0.05) is 0 Å². The number of nitrogens with two attached hydrogens (primary N) is 1. The predicted octanol–water partition coefficient (Wildman–Crippen LogP) is 1.10. The number of hydrogen-bond acceptors (Lipinski definition) is 4. The Bertz CT molecular complexity index is 309. The lowest BCUT2D eigenvalue weighted by Crippen LogP contribution is -2.32. The molecule has 4 heteroatoms. The number of nitrogens with zero attached hydrogens (tertiary/aromatic N) is 3. The Morgan fingerprint density at radius 1 is 1.47 bits per heavy atom. The summed E-state index contributed by atoms with van der Waals surface area (Å²) in [5, 5.41) is 0. The van der Waals surface area contributed by atoms with Crippen LogP contribution in [0.1, 0.15) is 24.8 Å². The molecule has 15 heavy (non-hydrogen) atoms. The van der Waals surface area contributed by atoms with Gasteiger partial charge in [0.15, 0.2) is 0 Å². The average molecular weight is 206 g/mol. The van der Waals surface area contributed by atoms with Gasteiger partial charge in [0.2, 0.25) is 5.95 Å². The maximum atomic E-state index is 5.61. The monoisotopic (exact) mass is 206 g/mol. The molecule has 2 heterocycles. The Hall–Kier alpha value is -1.16. The first kappa shape index (κ1) is 10.4. The Balaban J connectivity index is 2.11. The lowest BCUT2D eigenvalue weighted by molar-refractivity contribution is 0.609. The average Bonchev–Trinajstić information content (AvgIpc) is 2.68. The van der Waals surface area contributed by atoms with Crippen molar-refractivity contribution in [2.24, 2.45) is 5.73 Å². The molecule has 2 rings (SSSR count). The number of aromatic nitrogens is 2. The van der Waals surface area contributed by atoms with Gasteiger partial charge < -0.3 is 10.6 Å². The number of aryl methyl sites for hydroxylation is 1. The van der Waals surface area contributed by atoms with Crippen molar-refractivity contribution >= 4 is 5.95 Å². The van der Waals surface area contributed by atoms with E-state index in [2.05, 4.69) is 14.9 Å². The van der Waals surface area contributed by atoms with E-state index in [1.54, 1.807) is 0 Å². The van der Waals surface area contributed by atoms with E-state index >= 15 is 0 Å². The summed E-state index contributed by atoms with van der Waals surface area (Å²) < 4.78 is 0. The van der Waals surface area contributed by atoms with Crippen LogP contribution < -0.4 is 10.6 Å². The molecule has 1 aliphatic heterocycles. The van der Waals surface area contributed by atoms with Gasteiger partial charge in [0.1, 0.15) is 0 Å². The van der Waals surface area contributed by atoms with E-state index in [4.69, 9.17) is 5.73 Å². The maximum absolute atomic E-state index is 5.61. The Labute approximate surface area is 90.5 Å². The molecule has 0 amide bonds. The zero-order valence-electron chi connectivity index (χ0n) is 9.19. The number of rotatable bonds is 3. The second-order valence-electron chi connectivity index (χ2n) is 4.13. The fraction of sp³-hybridized carbons (Fsp3) is 0.636. The standard InChI is InChI=1S/C11H18N4/c1-9-7-13-11(14-8-9)15-6-2-3-10(15)4-5-12/h7-8,10H,2-6,12H2,1H3. The SMILES string of the molecule is Cc1cnc(N2CCCC2CCN)nc1. The summed E-state index contributed by atoms with van der Waals surface area (Å²) in [6.45, 7) is 3.81. The fourth-order valence-electron chi connectivity index (χ4n) is 2.13. The lowest BCUT2D eigenvalue weighted by Gasteiger charge is -2.23. The van der Waals surface area contributed by atoms with E-state index in [0.717, 1.165) is 31.0 Å². The Kier molecular flexibility index (Phi) is 3.16. The molecule has 1 aromatic rings. The minimum Gasteiger partial charge on any atom is -0.338 e. The summed E-state index contributed by atoms with van der Waals surface area (Å²) in [7, 11) is 0. The summed E-state index contributed by atoms with van der Waals surface area (Å²) in [5.41, 5.74) is 6.71. The molecule has 0 radical (unpaired) electrons. The normalized spacial score (nSPS) is 20.9. The van der Waals surface area contributed by atoms with Crippen LogP contribution in [0, 0.1) is 6.92 Å². The van der Waals surface area contributed by atoms with Crippen LogP contribution in [0.15, 0.2) is 12.4 Å². The van der Waals surface area contributed by atoms with E-state index in [1.165, 1.54) is 12.8 Å². The lowest BCUT2D eigenvalue weighted by atomic mass is 10.1. The van der Waals surface area contributed by atoms with E-state index in [9.17, 15) is 0 Å². The van der Waals surface area contributed by atoms with Crippen LogP contribution in [0.4, 0.5) is 5.95 Å². The third-order valence-electron chi connectivity index (χ3n) is 2.90. The highest BCUT2D eigenvalue weighted by Gasteiger charge is 2.25. The first-order valence-electron chi connectivity index (χ1n) is 5.56.